The van der Waals surface area contributed by atoms with E-state index >= 15 is 0 Å². The molecule has 6 heteroatoms. The third-order valence-electron chi connectivity index (χ3n) is 3.24. The van der Waals surface area contributed by atoms with Crippen LogP contribution in [0.3, 0.4) is 0 Å². The van der Waals surface area contributed by atoms with Gasteiger partial charge in [0.1, 0.15) is 11.3 Å². The first-order valence-electron chi connectivity index (χ1n) is 5.97. The van der Waals surface area contributed by atoms with Crippen molar-refractivity contribution in [1.29, 1.82) is 0 Å². The third-order valence-corrected chi connectivity index (χ3v) is 3.24. The van der Waals surface area contributed by atoms with Crippen molar-refractivity contribution >= 4 is 22.1 Å². The molecule has 0 fully saturated rings. The van der Waals surface area contributed by atoms with Crippen molar-refractivity contribution in [3.8, 4) is 11.5 Å². The van der Waals surface area contributed by atoms with Crippen LogP contribution in [0.5, 0.6) is 11.5 Å². The van der Waals surface area contributed by atoms with Crippen molar-refractivity contribution in [1.82, 2.24) is 4.73 Å². The molecule has 0 aliphatic carbocycles. The Balaban J connectivity index is 2.65. The van der Waals surface area contributed by atoms with Crippen LogP contribution in [0.1, 0.15) is 0 Å². The lowest BCUT2D eigenvalue weighted by Crippen LogP contribution is -2.20. The monoisotopic (exact) mass is 272 g/mol. The maximum Gasteiger partial charge on any atom is 0.328 e. The molecule has 3 rings (SSSR count). The number of rotatable bonds is 2. The fraction of sp³-hybridized carbons (Fsp3) is 0.143. The van der Waals surface area contributed by atoms with E-state index in [4.69, 9.17) is 9.47 Å². The largest absolute Gasteiger partial charge is 0.805 e. The molecule has 0 saturated heterocycles. The van der Waals surface area contributed by atoms with Crippen LogP contribution in [0.2, 0.25) is 0 Å². The Kier molecular flexibility index (Phi) is 2.71. The number of ether oxygens (including phenoxy) is 2. The topological polar surface area (TPSA) is 69.4 Å². The molecule has 0 radical (unpaired) electrons. The molecule has 0 unspecified atom stereocenters. The van der Waals surface area contributed by atoms with Crippen LogP contribution in [0, 0.1) is 10.1 Å². The zero-order chi connectivity index (χ0) is 14.3. The van der Waals surface area contributed by atoms with Gasteiger partial charge in [-0.25, -0.2) is 0 Å². The molecule has 0 aliphatic rings. The van der Waals surface area contributed by atoms with Gasteiger partial charge < -0.3 is 19.4 Å². The van der Waals surface area contributed by atoms with E-state index in [1.54, 1.807) is 36.4 Å². The average molecular weight is 272 g/mol. The molecule has 0 saturated carbocycles. The predicted octanol–water partition coefficient (Wildman–Crippen LogP) is 2.07. The van der Waals surface area contributed by atoms with Gasteiger partial charge in [0.15, 0.2) is 11.3 Å². The Labute approximate surface area is 114 Å². The molecule has 2 aromatic carbocycles. The molecule has 1 aromatic heterocycles. The minimum atomic E-state index is 0.200. The van der Waals surface area contributed by atoms with Crippen LogP contribution in [0.25, 0.3) is 22.1 Å². The first-order chi connectivity index (χ1) is 9.69. The van der Waals surface area contributed by atoms with Crippen LogP contribution in [-0.4, -0.2) is 19.0 Å². The quantitative estimate of drug-likeness (QED) is 0.529. The number of fused-ring (bicyclic) bond motifs is 2. The fourth-order valence-corrected chi connectivity index (χ4v) is 2.33. The summed E-state index contributed by atoms with van der Waals surface area (Å²) in [4.78, 5) is 12.5. The maximum atomic E-state index is 12.5. The molecule has 0 bridgehead atoms. The van der Waals surface area contributed by atoms with Gasteiger partial charge in [0, 0.05) is 11.0 Å². The van der Waals surface area contributed by atoms with Gasteiger partial charge in [0.05, 0.1) is 18.6 Å². The minimum absolute atomic E-state index is 0.200. The van der Waals surface area contributed by atoms with Gasteiger partial charge in [-0.3, -0.25) is 0 Å². The molecule has 102 valence electrons. The zero-order valence-corrected chi connectivity index (χ0v) is 11.0. The molecular weight excluding hydrogens is 260 g/mol. The Morgan fingerprint density at radius 2 is 1.70 bits per heavy atom. The van der Waals surface area contributed by atoms with Crippen molar-refractivity contribution < 1.29 is 13.9 Å². The molecule has 0 amide bonds. The van der Waals surface area contributed by atoms with Crippen molar-refractivity contribution in [2.24, 2.45) is 0 Å². The van der Waals surface area contributed by atoms with Gasteiger partial charge in [0.25, 0.3) is 5.52 Å². The maximum absolute atomic E-state index is 12.5. The lowest BCUT2D eigenvalue weighted by Gasteiger charge is -2.16. The SMILES string of the molecule is COc1cccc2c1n([O-])c1cccc(OC)c1[n+]2=O. The highest BCUT2D eigenvalue weighted by atomic mass is 16.5. The second kappa shape index (κ2) is 4.41. The van der Waals surface area contributed by atoms with E-state index in [-0.39, 0.29) is 22.1 Å². The first-order valence-corrected chi connectivity index (χ1v) is 5.97. The zero-order valence-electron chi connectivity index (χ0n) is 11.0. The Morgan fingerprint density at radius 1 is 1.05 bits per heavy atom. The van der Waals surface area contributed by atoms with Crippen molar-refractivity contribution in [2.45, 2.75) is 0 Å². The summed E-state index contributed by atoms with van der Waals surface area (Å²) in [6.07, 6.45) is 0. The van der Waals surface area contributed by atoms with Gasteiger partial charge in [-0.05, 0) is 18.2 Å². The first kappa shape index (κ1) is 12.3. The standard InChI is InChI=1S/C14H12N2O4/c1-19-11-7-3-5-9-13(11)15(17)10-6-4-8-12(20-2)14(10)16(9)18/h3-8H,1-2H3. The summed E-state index contributed by atoms with van der Waals surface area (Å²) in [6, 6.07) is 9.76. The second-order valence-corrected chi connectivity index (χ2v) is 4.24. The number of hydrogen-bond acceptors (Lipinski definition) is 4. The van der Waals surface area contributed by atoms with Crippen LogP contribution in [0.15, 0.2) is 36.4 Å². The van der Waals surface area contributed by atoms with Gasteiger partial charge in [-0.1, -0.05) is 12.1 Å². The summed E-state index contributed by atoms with van der Waals surface area (Å²) >= 11 is 0. The van der Waals surface area contributed by atoms with Crippen LogP contribution < -0.4 is 13.9 Å². The summed E-state index contributed by atoms with van der Waals surface area (Å²) < 4.78 is 11.7. The van der Waals surface area contributed by atoms with E-state index in [0.29, 0.717) is 20.7 Å². The van der Waals surface area contributed by atoms with Crippen molar-refractivity contribution in [3.05, 3.63) is 46.5 Å². The number of aromatic nitrogens is 2. The molecule has 0 N–H and O–H groups in total. The number of hydrogen-bond donors (Lipinski definition) is 0. The highest BCUT2D eigenvalue weighted by molar-refractivity contribution is 5.89. The molecule has 0 aliphatic heterocycles. The summed E-state index contributed by atoms with van der Waals surface area (Å²) in [5.41, 5.74) is 0.865. The van der Waals surface area contributed by atoms with Gasteiger partial charge in [0.2, 0.25) is 0 Å². The highest BCUT2D eigenvalue weighted by Gasteiger charge is 2.21. The molecule has 1 heterocycles. The van der Waals surface area contributed by atoms with Gasteiger partial charge in [-0.15, -0.1) is 0 Å². The molecule has 3 aromatic rings. The highest BCUT2D eigenvalue weighted by Crippen LogP contribution is 2.28. The van der Waals surface area contributed by atoms with E-state index in [1.165, 1.54) is 14.2 Å². The smallest absolute Gasteiger partial charge is 0.328 e. The van der Waals surface area contributed by atoms with Gasteiger partial charge in [-0.2, -0.15) is 0 Å². The summed E-state index contributed by atoms with van der Waals surface area (Å²) in [5, 5.41) is 12.5. The Bertz CT molecular complexity index is 870. The van der Waals surface area contributed by atoms with Crippen molar-refractivity contribution in [3.63, 3.8) is 0 Å². The van der Waals surface area contributed by atoms with Crippen molar-refractivity contribution in [2.75, 3.05) is 14.2 Å². The van der Waals surface area contributed by atoms with Crippen LogP contribution in [0.4, 0.5) is 0 Å². The number of para-hydroxylation sites is 2. The normalized spacial score (nSPS) is 10.9. The Hall–Kier alpha value is -2.76. The summed E-state index contributed by atoms with van der Waals surface area (Å²) in [6.45, 7) is 0. The van der Waals surface area contributed by atoms with E-state index in [2.05, 4.69) is 0 Å². The molecule has 6 nitrogen and oxygen atoms in total. The minimum Gasteiger partial charge on any atom is -0.805 e. The molecule has 20 heavy (non-hydrogen) atoms. The van der Waals surface area contributed by atoms with E-state index in [0.717, 1.165) is 0 Å². The summed E-state index contributed by atoms with van der Waals surface area (Å²) in [7, 11) is 2.92. The number of benzene rings is 2. The van der Waals surface area contributed by atoms with Crippen LogP contribution >= 0.6 is 0 Å². The number of nitrogens with zero attached hydrogens (tertiary/aromatic N) is 2. The number of methoxy groups -OCH3 is 2. The van der Waals surface area contributed by atoms with Crippen LogP contribution in [-0.2, 0) is 0 Å². The van der Waals surface area contributed by atoms with E-state index in [1.807, 2.05) is 0 Å². The lowest BCUT2D eigenvalue weighted by atomic mass is 10.2. The second-order valence-electron chi connectivity index (χ2n) is 4.24. The third kappa shape index (κ3) is 1.51. The Morgan fingerprint density at radius 3 is 2.40 bits per heavy atom. The van der Waals surface area contributed by atoms with E-state index < -0.39 is 0 Å². The predicted molar refractivity (Wildman–Crippen MR) is 74.7 cm³/mol. The summed E-state index contributed by atoms with van der Waals surface area (Å²) in [5.74, 6) is 0.707. The lowest BCUT2D eigenvalue weighted by molar-refractivity contribution is -0.433. The molecular formula is C14H12N2O4. The van der Waals surface area contributed by atoms with Gasteiger partial charge >= 0.3 is 5.52 Å². The average Bonchev–Trinajstić information content (AvgIpc) is 2.50. The van der Waals surface area contributed by atoms with E-state index in [9.17, 15) is 10.1 Å². The fourth-order valence-electron chi connectivity index (χ4n) is 2.33. The molecule has 0 atom stereocenters. The molecule has 0 spiro atoms.